The molecule has 0 saturated carbocycles. The van der Waals surface area contributed by atoms with Crippen molar-refractivity contribution in [3.8, 4) is 5.75 Å². The SMILES string of the molecule is O=C(c1ccc2c(c1)[C@@H](n1ccccc1=O)[C@H](O)CCO2)c1ccccc1F. The number of ether oxygens (including phenoxy) is 1. The van der Waals surface area contributed by atoms with Crippen LogP contribution in [0, 0.1) is 5.82 Å². The van der Waals surface area contributed by atoms with Crippen molar-refractivity contribution in [3.05, 3.63) is 99.7 Å². The summed E-state index contributed by atoms with van der Waals surface area (Å²) in [6, 6.07) is 14.6. The maximum atomic E-state index is 14.1. The highest BCUT2D eigenvalue weighted by molar-refractivity contribution is 6.09. The molecule has 1 aromatic heterocycles. The Bertz CT molecular complexity index is 1090. The molecule has 5 nitrogen and oxygen atoms in total. The number of benzene rings is 2. The van der Waals surface area contributed by atoms with Gasteiger partial charge in [-0.2, -0.15) is 0 Å². The summed E-state index contributed by atoms with van der Waals surface area (Å²) < 4.78 is 21.2. The van der Waals surface area contributed by atoms with Crippen LogP contribution < -0.4 is 10.3 Å². The molecule has 6 heteroatoms. The number of carbonyl (C=O) groups excluding carboxylic acids is 1. The summed E-state index contributed by atoms with van der Waals surface area (Å²) in [6.07, 6.45) is 1.05. The highest BCUT2D eigenvalue weighted by Crippen LogP contribution is 2.35. The van der Waals surface area contributed by atoms with Crippen LogP contribution in [-0.2, 0) is 0 Å². The Morgan fingerprint density at radius 1 is 1.11 bits per heavy atom. The van der Waals surface area contributed by atoms with Gasteiger partial charge < -0.3 is 14.4 Å². The van der Waals surface area contributed by atoms with Crippen LogP contribution in [0.15, 0.2) is 71.7 Å². The third-order valence-electron chi connectivity index (χ3n) is 4.90. The molecule has 0 amide bonds. The maximum Gasteiger partial charge on any atom is 0.251 e. The van der Waals surface area contributed by atoms with Crippen LogP contribution >= 0.6 is 0 Å². The molecule has 1 aliphatic rings. The lowest BCUT2D eigenvalue weighted by Crippen LogP contribution is -2.32. The lowest BCUT2D eigenvalue weighted by molar-refractivity contribution is 0.103. The summed E-state index contributed by atoms with van der Waals surface area (Å²) in [5, 5.41) is 10.7. The van der Waals surface area contributed by atoms with Crippen LogP contribution in [-0.4, -0.2) is 28.2 Å². The van der Waals surface area contributed by atoms with Crippen LogP contribution in [0.1, 0.15) is 33.9 Å². The normalized spacial score (nSPS) is 18.6. The van der Waals surface area contributed by atoms with E-state index < -0.39 is 23.7 Å². The summed E-state index contributed by atoms with van der Waals surface area (Å²) in [6.45, 7) is 0.285. The summed E-state index contributed by atoms with van der Waals surface area (Å²) in [5.41, 5.74) is 0.465. The van der Waals surface area contributed by atoms with E-state index >= 15 is 0 Å². The molecule has 0 aliphatic carbocycles. The molecule has 0 fully saturated rings. The second-order valence-corrected chi connectivity index (χ2v) is 6.66. The van der Waals surface area contributed by atoms with Crippen molar-refractivity contribution in [3.63, 3.8) is 0 Å². The summed E-state index contributed by atoms with van der Waals surface area (Å²) >= 11 is 0. The molecule has 0 saturated heterocycles. The lowest BCUT2D eigenvalue weighted by atomic mass is 9.94. The van der Waals surface area contributed by atoms with Crippen LogP contribution in [0.5, 0.6) is 5.75 Å². The van der Waals surface area contributed by atoms with E-state index in [1.807, 2.05) is 0 Å². The fraction of sp³-hybridized carbons (Fsp3) is 0.182. The third kappa shape index (κ3) is 3.23. The molecule has 2 heterocycles. The van der Waals surface area contributed by atoms with Crippen LogP contribution in [0.4, 0.5) is 4.39 Å². The van der Waals surface area contributed by atoms with Gasteiger partial charge in [-0.05, 0) is 36.4 Å². The molecule has 2 aromatic carbocycles. The van der Waals surface area contributed by atoms with E-state index in [1.54, 1.807) is 42.6 Å². The third-order valence-corrected chi connectivity index (χ3v) is 4.90. The molecular formula is C22H18FNO4. The summed E-state index contributed by atoms with van der Waals surface area (Å²) in [4.78, 5) is 25.2. The van der Waals surface area contributed by atoms with Crippen molar-refractivity contribution in [2.45, 2.75) is 18.6 Å². The van der Waals surface area contributed by atoms with E-state index in [0.29, 0.717) is 17.7 Å². The summed E-state index contributed by atoms with van der Waals surface area (Å²) in [7, 11) is 0. The van der Waals surface area contributed by atoms with Gasteiger partial charge >= 0.3 is 0 Å². The number of hydrogen-bond acceptors (Lipinski definition) is 4. The largest absolute Gasteiger partial charge is 0.493 e. The average Bonchev–Trinajstić information content (AvgIpc) is 2.86. The zero-order chi connectivity index (χ0) is 19.7. The Balaban J connectivity index is 1.85. The van der Waals surface area contributed by atoms with Gasteiger partial charge in [0.25, 0.3) is 5.56 Å². The molecule has 3 aromatic rings. The van der Waals surface area contributed by atoms with Crippen LogP contribution in [0.2, 0.25) is 0 Å². The van der Waals surface area contributed by atoms with Crippen LogP contribution in [0.25, 0.3) is 0 Å². The number of pyridine rings is 1. The van der Waals surface area contributed by atoms with Gasteiger partial charge in [0.15, 0.2) is 5.78 Å². The van der Waals surface area contributed by atoms with E-state index in [4.69, 9.17) is 4.74 Å². The van der Waals surface area contributed by atoms with Gasteiger partial charge in [-0.15, -0.1) is 0 Å². The Kier molecular flexibility index (Phi) is 4.79. The van der Waals surface area contributed by atoms with Gasteiger partial charge in [-0.25, -0.2) is 4.39 Å². The number of fused-ring (bicyclic) bond motifs is 1. The number of ketones is 1. The number of aliphatic hydroxyl groups is 1. The smallest absolute Gasteiger partial charge is 0.251 e. The van der Waals surface area contributed by atoms with Crippen LogP contribution in [0.3, 0.4) is 0 Å². The van der Waals surface area contributed by atoms with Crippen molar-refractivity contribution >= 4 is 5.78 Å². The minimum atomic E-state index is -0.875. The van der Waals surface area contributed by atoms with E-state index in [9.17, 15) is 19.1 Å². The molecule has 0 bridgehead atoms. The van der Waals surface area contributed by atoms with Crippen molar-refractivity contribution < 1.29 is 19.0 Å². The first-order valence-corrected chi connectivity index (χ1v) is 8.97. The topological polar surface area (TPSA) is 68.5 Å². The number of rotatable bonds is 3. The van der Waals surface area contributed by atoms with Crippen molar-refractivity contribution in [2.24, 2.45) is 0 Å². The first-order chi connectivity index (χ1) is 13.6. The molecule has 1 aliphatic heterocycles. The van der Waals surface area contributed by atoms with Gasteiger partial charge in [-0.3, -0.25) is 9.59 Å². The zero-order valence-corrected chi connectivity index (χ0v) is 14.9. The molecule has 0 radical (unpaired) electrons. The van der Waals surface area contributed by atoms with E-state index in [1.165, 1.54) is 28.8 Å². The van der Waals surface area contributed by atoms with Crippen molar-refractivity contribution in [1.29, 1.82) is 0 Å². The lowest BCUT2D eigenvalue weighted by Gasteiger charge is -2.24. The monoisotopic (exact) mass is 379 g/mol. The van der Waals surface area contributed by atoms with Crippen molar-refractivity contribution in [1.82, 2.24) is 4.57 Å². The molecule has 4 rings (SSSR count). The van der Waals surface area contributed by atoms with Crippen molar-refractivity contribution in [2.75, 3.05) is 6.61 Å². The Morgan fingerprint density at radius 3 is 2.68 bits per heavy atom. The molecular weight excluding hydrogens is 361 g/mol. The zero-order valence-electron chi connectivity index (χ0n) is 14.9. The van der Waals surface area contributed by atoms with E-state index in [2.05, 4.69) is 0 Å². The average molecular weight is 379 g/mol. The summed E-state index contributed by atoms with van der Waals surface area (Å²) in [5.74, 6) is -0.587. The van der Waals surface area contributed by atoms with Gasteiger partial charge in [0, 0.05) is 29.8 Å². The Morgan fingerprint density at radius 2 is 1.89 bits per heavy atom. The molecule has 142 valence electrons. The fourth-order valence-corrected chi connectivity index (χ4v) is 3.51. The minimum absolute atomic E-state index is 0.0361. The second kappa shape index (κ2) is 7.40. The highest BCUT2D eigenvalue weighted by Gasteiger charge is 2.30. The maximum absolute atomic E-state index is 14.1. The predicted octanol–water partition coefficient (Wildman–Crippen LogP) is 2.95. The number of aliphatic hydroxyl groups excluding tert-OH is 1. The molecule has 28 heavy (non-hydrogen) atoms. The number of carbonyl (C=O) groups is 1. The molecule has 0 unspecified atom stereocenters. The number of nitrogens with zero attached hydrogens (tertiary/aromatic N) is 1. The Labute approximate surface area is 160 Å². The first-order valence-electron chi connectivity index (χ1n) is 8.97. The fourth-order valence-electron chi connectivity index (χ4n) is 3.51. The first kappa shape index (κ1) is 18.1. The minimum Gasteiger partial charge on any atom is -0.493 e. The molecule has 0 spiro atoms. The van der Waals surface area contributed by atoms with Gasteiger partial charge in [-0.1, -0.05) is 18.2 Å². The predicted molar refractivity (Wildman–Crippen MR) is 101 cm³/mol. The van der Waals surface area contributed by atoms with E-state index in [-0.39, 0.29) is 23.3 Å². The highest BCUT2D eigenvalue weighted by atomic mass is 19.1. The molecule has 2 atom stereocenters. The number of halogens is 1. The number of aromatic nitrogens is 1. The second-order valence-electron chi connectivity index (χ2n) is 6.66. The number of hydrogen-bond donors (Lipinski definition) is 1. The van der Waals surface area contributed by atoms with Gasteiger partial charge in [0.05, 0.1) is 24.3 Å². The quantitative estimate of drug-likeness (QED) is 0.711. The molecule has 1 N–H and O–H groups in total. The standard InChI is InChI=1S/C22H18FNO4/c23-17-6-2-1-5-15(17)22(27)14-8-9-19-16(13-14)21(18(25)10-12-28-19)24-11-4-3-7-20(24)26/h1-9,11,13,18,21,25H,10,12H2/t18-,21-/m1/s1. The van der Waals surface area contributed by atoms with Gasteiger partial charge in [0.2, 0.25) is 0 Å². The Hall–Kier alpha value is -3.25. The van der Waals surface area contributed by atoms with E-state index in [0.717, 1.165) is 0 Å². The van der Waals surface area contributed by atoms with Gasteiger partial charge in [0.1, 0.15) is 11.6 Å².